The van der Waals surface area contributed by atoms with Crippen molar-refractivity contribution in [2.24, 2.45) is 5.92 Å². The topological polar surface area (TPSA) is 74.3 Å². The number of hydrogen-bond donors (Lipinski definition) is 2. The molecule has 2 N–H and O–H groups in total. The van der Waals surface area contributed by atoms with E-state index in [9.17, 15) is 9.59 Å². The molecule has 0 atom stereocenters. The average Bonchev–Trinajstić information content (AvgIpc) is 2.55. The number of rotatable bonds is 5. The number of amides is 2. The minimum absolute atomic E-state index is 0.443. The van der Waals surface area contributed by atoms with Crippen molar-refractivity contribution in [3.63, 3.8) is 0 Å². The highest BCUT2D eigenvalue weighted by Crippen LogP contribution is 2.17. The van der Waals surface area contributed by atoms with Crippen LogP contribution in [-0.2, 0) is 16.1 Å². The van der Waals surface area contributed by atoms with Gasteiger partial charge in [0, 0.05) is 25.8 Å². The van der Waals surface area contributed by atoms with Crippen molar-refractivity contribution in [1.82, 2.24) is 20.5 Å². The Morgan fingerprint density at radius 1 is 1.23 bits per heavy atom. The number of likely N-dealkylation sites (tertiary alicyclic amines) is 1. The molecule has 0 spiro atoms. The van der Waals surface area contributed by atoms with Gasteiger partial charge < -0.3 is 10.6 Å². The summed E-state index contributed by atoms with van der Waals surface area (Å²) in [6, 6.07) is 5.97. The molecule has 1 aromatic heterocycles. The predicted octanol–water partition coefficient (Wildman–Crippen LogP) is 0.546. The number of carbonyl (C=O) groups is 2. The highest BCUT2D eigenvalue weighted by atomic mass is 16.2. The van der Waals surface area contributed by atoms with Gasteiger partial charge in [0.2, 0.25) is 0 Å². The number of carbonyl (C=O) groups excluding carboxylic acids is 2. The van der Waals surface area contributed by atoms with E-state index in [1.807, 2.05) is 24.4 Å². The van der Waals surface area contributed by atoms with Gasteiger partial charge in [0.25, 0.3) is 0 Å². The summed E-state index contributed by atoms with van der Waals surface area (Å²) in [6.45, 7) is 5.71. The minimum Gasteiger partial charge on any atom is -0.348 e. The van der Waals surface area contributed by atoms with Crippen LogP contribution in [0.4, 0.5) is 0 Å². The summed E-state index contributed by atoms with van der Waals surface area (Å²) in [5.74, 6) is -0.633. The molecule has 22 heavy (non-hydrogen) atoms. The first-order valence-electron chi connectivity index (χ1n) is 7.87. The standard InChI is InChI=1S/C16H24N4O2/c1-2-17-15(21)16(22)19-11-13-6-9-20(10-7-13)12-14-5-3-4-8-18-14/h3-5,8,13H,2,6-7,9-12H2,1H3,(H,17,21)(H,19,22). The van der Waals surface area contributed by atoms with Crippen LogP contribution in [0.3, 0.4) is 0 Å². The maximum absolute atomic E-state index is 11.5. The summed E-state index contributed by atoms with van der Waals surface area (Å²) in [7, 11) is 0. The molecule has 2 rings (SSSR count). The number of hydrogen-bond acceptors (Lipinski definition) is 4. The molecule has 0 saturated carbocycles. The fourth-order valence-electron chi connectivity index (χ4n) is 2.63. The second-order valence-corrected chi connectivity index (χ2v) is 5.61. The Kier molecular flexibility index (Phi) is 6.33. The lowest BCUT2D eigenvalue weighted by Crippen LogP contribution is -2.43. The van der Waals surface area contributed by atoms with Crippen molar-refractivity contribution in [1.29, 1.82) is 0 Å². The fraction of sp³-hybridized carbons (Fsp3) is 0.562. The van der Waals surface area contributed by atoms with Crippen LogP contribution in [0.15, 0.2) is 24.4 Å². The van der Waals surface area contributed by atoms with Gasteiger partial charge in [-0.05, 0) is 50.9 Å². The number of likely N-dealkylation sites (N-methyl/N-ethyl adjacent to an activating group) is 1. The molecule has 0 bridgehead atoms. The van der Waals surface area contributed by atoms with Gasteiger partial charge >= 0.3 is 11.8 Å². The van der Waals surface area contributed by atoms with Crippen LogP contribution < -0.4 is 10.6 Å². The molecule has 6 nitrogen and oxygen atoms in total. The van der Waals surface area contributed by atoms with E-state index in [4.69, 9.17) is 0 Å². The maximum Gasteiger partial charge on any atom is 0.309 e. The van der Waals surface area contributed by atoms with Crippen LogP contribution in [0.5, 0.6) is 0 Å². The van der Waals surface area contributed by atoms with Crippen molar-refractivity contribution in [2.45, 2.75) is 26.3 Å². The van der Waals surface area contributed by atoms with E-state index in [0.717, 1.165) is 38.2 Å². The van der Waals surface area contributed by atoms with Crippen molar-refractivity contribution in [3.8, 4) is 0 Å². The molecular weight excluding hydrogens is 280 g/mol. The minimum atomic E-state index is -0.546. The van der Waals surface area contributed by atoms with E-state index in [2.05, 4.69) is 20.5 Å². The number of piperidine rings is 1. The first-order chi connectivity index (χ1) is 10.7. The number of nitrogens with one attached hydrogen (secondary N) is 2. The van der Waals surface area contributed by atoms with Crippen LogP contribution >= 0.6 is 0 Å². The van der Waals surface area contributed by atoms with Crippen LogP contribution in [0.1, 0.15) is 25.5 Å². The third-order valence-corrected chi connectivity index (χ3v) is 3.91. The molecule has 0 radical (unpaired) electrons. The first-order valence-corrected chi connectivity index (χ1v) is 7.87. The van der Waals surface area contributed by atoms with Crippen LogP contribution in [0.2, 0.25) is 0 Å². The van der Waals surface area contributed by atoms with Crippen molar-refractivity contribution in [3.05, 3.63) is 30.1 Å². The Morgan fingerprint density at radius 3 is 2.59 bits per heavy atom. The molecule has 1 fully saturated rings. The van der Waals surface area contributed by atoms with Crippen molar-refractivity contribution >= 4 is 11.8 Å². The van der Waals surface area contributed by atoms with Crippen LogP contribution in [0.25, 0.3) is 0 Å². The Labute approximate surface area is 131 Å². The van der Waals surface area contributed by atoms with E-state index in [1.54, 1.807) is 6.92 Å². The molecule has 0 unspecified atom stereocenters. The monoisotopic (exact) mass is 304 g/mol. The molecular formula is C16H24N4O2. The smallest absolute Gasteiger partial charge is 0.309 e. The summed E-state index contributed by atoms with van der Waals surface area (Å²) in [6.07, 6.45) is 3.88. The SMILES string of the molecule is CCNC(=O)C(=O)NCC1CCN(Cc2ccccn2)CC1. The Balaban J connectivity index is 1.67. The van der Waals surface area contributed by atoms with Gasteiger partial charge in [0.05, 0.1) is 5.69 Å². The van der Waals surface area contributed by atoms with Crippen LogP contribution in [0, 0.1) is 5.92 Å². The van der Waals surface area contributed by atoms with Crippen molar-refractivity contribution in [2.75, 3.05) is 26.2 Å². The molecule has 1 aliphatic rings. The number of pyridine rings is 1. The van der Waals surface area contributed by atoms with Gasteiger partial charge in [-0.25, -0.2) is 0 Å². The normalized spacial score (nSPS) is 16.2. The van der Waals surface area contributed by atoms with E-state index in [1.165, 1.54) is 0 Å². The average molecular weight is 304 g/mol. The van der Waals surface area contributed by atoms with E-state index in [-0.39, 0.29) is 0 Å². The number of nitrogens with zero attached hydrogens (tertiary/aromatic N) is 2. The van der Waals surface area contributed by atoms with Crippen LogP contribution in [-0.4, -0.2) is 47.9 Å². The second kappa shape index (κ2) is 8.48. The molecule has 0 aromatic carbocycles. The summed E-state index contributed by atoms with van der Waals surface area (Å²) >= 11 is 0. The Hall–Kier alpha value is -1.95. The fourth-order valence-corrected chi connectivity index (χ4v) is 2.63. The zero-order valence-electron chi connectivity index (χ0n) is 13.0. The third-order valence-electron chi connectivity index (χ3n) is 3.91. The van der Waals surface area contributed by atoms with Gasteiger partial charge in [-0.1, -0.05) is 6.07 Å². The molecule has 1 saturated heterocycles. The molecule has 2 amide bonds. The Bertz CT molecular complexity index is 484. The van der Waals surface area contributed by atoms with E-state index >= 15 is 0 Å². The molecule has 1 aromatic rings. The highest BCUT2D eigenvalue weighted by molar-refractivity contribution is 6.35. The lowest BCUT2D eigenvalue weighted by molar-refractivity contribution is -0.139. The molecule has 6 heteroatoms. The second-order valence-electron chi connectivity index (χ2n) is 5.61. The molecule has 0 aliphatic carbocycles. The van der Waals surface area contributed by atoms with Gasteiger partial charge in [0.1, 0.15) is 0 Å². The maximum atomic E-state index is 11.5. The molecule has 2 heterocycles. The highest BCUT2D eigenvalue weighted by Gasteiger charge is 2.21. The summed E-state index contributed by atoms with van der Waals surface area (Å²) in [5, 5.41) is 5.22. The summed E-state index contributed by atoms with van der Waals surface area (Å²) in [4.78, 5) is 29.6. The van der Waals surface area contributed by atoms with Gasteiger partial charge in [-0.15, -0.1) is 0 Å². The zero-order valence-corrected chi connectivity index (χ0v) is 13.0. The largest absolute Gasteiger partial charge is 0.348 e. The summed E-state index contributed by atoms with van der Waals surface area (Å²) in [5.41, 5.74) is 1.09. The van der Waals surface area contributed by atoms with Gasteiger partial charge in [0.15, 0.2) is 0 Å². The first kappa shape index (κ1) is 16.4. The van der Waals surface area contributed by atoms with Crippen molar-refractivity contribution < 1.29 is 9.59 Å². The zero-order chi connectivity index (χ0) is 15.8. The van der Waals surface area contributed by atoms with E-state index in [0.29, 0.717) is 19.0 Å². The molecule has 120 valence electrons. The van der Waals surface area contributed by atoms with Gasteiger partial charge in [-0.3, -0.25) is 19.5 Å². The van der Waals surface area contributed by atoms with E-state index < -0.39 is 11.8 Å². The van der Waals surface area contributed by atoms with Gasteiger partial charge in [-0.2, -0.15) is 0 Å². The third kappa shape index (κ3) is 5.11. The lowest BCUT2D eigenvalue weighted by Gasteiger charge is -2.31. The molecule has 1 aliphatic heterocycles. The predicted molar refractivity (Wildman–Crippen MR) is 83.9 cm³/mol. The summed E-state index contributed by atoms with van der Waals surface area (Å²) < 4.78 is 0. The number of aromatic nitrogens is 1. The Morgan fingerprint density at radius 2 is 1.95 bits per heavy atom. The quantitative estimate of drug-likeness (QED) is 0.779. The lowest BCUT2D eigenvalue weighted by atomic mass is 9.96.